The molecule has 10 heteroatoms. The topological polar surface area (TPSA) is 124 Å². The standard InChI is InChI=1S/C28H34O10/c1-26(2,3)23(30)36-33-19-15-18(21(29)17-13-11-10-12-14-17)16-20(34-37-24(31)27(4,5)6)22(19)35-38-25(32)28(7,8)9/h10-16H,1-9H3. The molecule has 0 saturated heterocycles. The van der Waals surface area contributed by atoms with Crippen molar-refractivity contribution in [2.24, 2.45) is 16.2 Å². The van der Waals surface area contributed by atoms with Gasteiger partial charge in [0.2, 0.25) is 11.5 Å². The number of benzene rings is 2. The summed E-state index contributed by atoms with van der Waals surface area (Å²) in [7, 11) is 0. The molecule has 206 valence electrons. The smallest absolute Gasteiger partial charge is 0.289 e. The van der Waals surface area contributed by atoms with E-state index in [1.165, 1.54) is 12.1 Å². The van der Waals surface area contributed by atoms with Gasteiger partial charge in [-0.2, -0.15) is 0 Å². The largest absolute Gasteiger partial charge is 0.360 e. The Kier molecular flexibility index (Phi) is 9.15. The zero-order valence-electron chi connectivity index (χ0n) is 23.1. The molecule has 0 bridgehead atoms. The molecule has 0 atom stereocenters. The summed E-state index contributed by atoms with van der Waals surface area (Å²) >= 11 is 0. The second kappa shape index (κ2) is 11.5. The Labute approximate surface area is 221 Å². The van der Waals surface area contributed by atoms with Gasteiger partial charge in [-0.05, 0) is 62.3 Å². The van der Waals surface area contributed by atoms with Crippen molar-refractivity contribution >= 4 is 23.7 Å². The van der Waals surface area contributed by atoms with Crippen molar-refractivity contribution in [3.05, 3.63) is 53.6 Å². The second-order valence-electron chi connectivity index (χ2n) is 11.6. The lowest BCUT2D eigenvalue weighted by Crippen LogP contribution is -2.26. The van der Waals surface area contributed by atoms with E-state index in [1.54, 1.807) is 92.6 Å². The van der Waals surface area contributed by atoms with Crippen molar-refractivity contribution in [3.8, 4) is 17.2 Å². The summed E-state index contributed by atoms with van der Waals surface area (Å²) in [6.45, 7) is 14.5. The highest BCUT2D eigenvalue weighted by atomic mass is 17.2. The quantitative estimate of drug-likeness (QED) is 0.243. The first-order valence-corrected chi connectivity index (χ1v) is 11.9. The van der Waals surface area contributed by atoms with E-state index in [0.717, 1.165) is 0 Å². The normalized spacial score (nSPS) is 11.7. The molecule has 10 nitrogen and oxygen atoms in total. The summed E-state index contributed by atoms with van der Waals surface area (Å²) in [5.74, 6) is -3.82. The molecular weight excluding hydrogens is 496 g/mol. The Morgan fingerprint density at radius 3 is 1.26 bits per heavy atom. The van der Waals surface area contributed by atoms with Gasteiger partial charge in [-0.3, -0.25) is 19.5 Å². The maximum absolute atomic E-state index is 13.2. The predicted molar refractivity (Wildman–Crippen MR) is 135 cm³/mol. The molecule has 0 saturated carbocycles. The van der Waals surface area contributed by atoms with Crippen molar-refractivity contribution in [1.29, 1.82) is 0 Å². The number of carbonyl (C=O) groups excluding carboxylic acids is 4. The van der Waals surface area contributed by atoms with Crippen LogP contribution >= 0.6 is 0 Å². The fraction of sp³-hybridized carbons (Fsp3) is 0.429. The van der Waals surface area contributed by atoms with Crippen LogP contribution in [0.2, 0.25) is 0 Å². The molecule has 2 aromatic carbocycles. The first-order chi connectivity index (χ1) is 17.4. The Balaban J connectivity index is 2.60. The molecule has 0 radical (unpaired) electrons. The molecule has 0 unspecified atom stereocenters. The maximum Gasteiger partial charge on any atom is 0.360 e. The van der Waals surface area contributed by atoms with Gasteiger partial charge < -0.3 is 0 Å². The van der Waals surface area contributed by atoms with Gasteiger partial charge in [0.15, 0.2) is 5.78 Å². The zero-order valence-corrected chi connectivity index (χ0v) is 23.1. The van der Waals surface area contributed by atoms with Crippen molar-refractivity contribution in [2.75, 3.05) is 0 Å². The third kappa shape index (κ3) is 8.22. The third-order valence-electron chi connectivity index (χ3n) is 4.77. The summed E-state index contributed by atoms with van der Waals surface area (Å²) in [6.07, 6.45) is 0. The molecule has 0 N–H and O–H groups in total. The lowest BCUT2D eigenvalue weighted by atomic mass is 9.98. The average Bonchev–Trinajstić information content (AvgIpc) is 2.82. The highest BCUT2D eigenvalue weighted by Gasteiger charge is 2.31. The van der Waals surface area contributed by atoms with Crippen LogP contribution in [0.3, 0.4) is 0 Å². The molecular formula is C28H34O10. The Bertz CT molecular complexity index is 1130. The van der Waals surface area contributed by atoms with Crippen LogP contribution in [0.4, 0.5) is 0 Å². The van der Waals surface area contributed by atoms with Gasteiger partial charge in [-0.25, -0.2) is 29.0 Å². The van der Waals surface area contributed by atoms with Gasteiger partial charge in [0, 0.05) is 23.3 Å². The van der Waals surface area contributed by atoms with Crippen LogP contribution in [0.1, 0.15) is 78.2 Å². The van der Waals surface area contributed by atoms with Crippen LogP contribution in [-0.4, -0.2) is 23.7 Å². The number of ketones is 1. The van der Waals surface area contributed by atoms with Crippen LogP contribution in [0, 0.1) is 16.2 Å². The van der Waals surface area contributed by atoms with Gasteiger partial charge in [-0.1, -0.05) is 30.3 Å². The van der Waals surface area contributed by atoms with E-state index in [1.807, 2.05) is 0 Å². The van der Waals surface area contributed by atoms with Crippen molar-refractivity contribution in [3.63, 3.8) is 0 Å². The second-order valence-corrected chi connectivity index (χ2v) is 11.6. The molecule has 2 rings (SSSR count). The minimum absolute atomic E-state index is 0.00862. The van der Waals surface area contributed by atoms with E-state index in [0.29, 0.717) is 5.56 Å². The van der Waals surface area contributed by atoms with Crippen molar-refractivity contribution in [1.82, 2.24) is 0 Å². The van der Waals surface area contributed by atoms with Crippen molar-refractivity contribution in [2.45, 2.75) is 62.3 Å². The SMILES string of the molecule is CC(C)(C)C(=O)OOc1cc(C(=O)c2ccccc2)cc(OOC(=O)C(C)(C)C)c1OOC(=O)C(C)(C)C. The molecule has 0 spiro atoms. The summed E-state index contributed by atoms with van der Waals surface area (Å²) < 4.78 is 0. The van der Waals surface area contributed by atoms with Crippen LogP contribution in [0.15, 0.2) is 42.5 Å². The van der Waals surface area contributed by atoms with E-state index in [4.69, 9.17) is 29.3 Å². The molecule has 0 heterocycles. The lowest BCUT2D eigenvalue weighted by molar-refractivity contribution is -0.241. The van der Waals surface area contributed by atoms with Crippen LogP contribution in [0.25, 0.3) is 0 Å². The van der Waals surface area contributed by atoms with E-state index in [-0.39, 0.29) is 17.1 Å². The fourth-order valence-electron chi connectivity index (χ4n) is 2.29. The minimum Gasteiger partial charge on any atom is -0.289 e. The summed E-state index contributed by atoms with van der Waals surface area (Å²) in [5, 5.41) is 0. The molecule has 0 fully saturated rings. The monoisotopic (exact) mass is 530 g/mol. The number of hydrogen-bond acceptors (Lipinski definition) is 10. The molecule has 0 aromatic heterocycles. The molecule has 0 amide bonds. The number of carbonyl (C=O) groups is 4. The summed E-state index contributed by atoms with van der Waals surface area (Å²) in [5.41, 5.74) is -2.47. The Morgan fingerprint density at radius 2 is 0.895 bits per heavy atom. The Hall–Kier alpha value is -4.08. The van der Waals surface area contributed by atoms with Gasteiger partial charge >= 0.3 is 17.9 Å². The van der Waals surface area contributed by atoms with Gasteiger partial charge in [0.05, 0.1) is 16.2 Å². The summed E-state index contributed by atoms with van der Waals surface area (Å²) in [4.78, 5) is 80.8. The van der Waals surface area contributed by atoms with Gasteiger partial charge in [-0.15, -0.1) is 0 Å². The molecule has 0 aliphatic carbocycles. The molecule has 2 aromatic rings. The van der Waals surface area contributed by atoms with Gasteiger partial charge in [0.1, 0.15) is 0 Å². The lowest BCUT2D eigenvalue weighted by Gasteiger charge is -2.20. The number of hydrogen-bond donors (Lipinski definition) is 0. The third-order valence-corrected chi connectivity index (χ3v) is 4.77. The maximum atomic E-state index is 13.2. The van der Waals surface area contributed by atoms with Crippen LogP contribution in [0.5, 0.6) is 17.2 Å². The first kappa shape index (κ1) is 30.1. The van der Waals surface area contributed by atoms with Gasteiger partial charge in [0.25, 0.3) is 5.75 Å². The minimum atomic E-state index is -0.942. The Morgan fingerprint density at radius 1 is 0.526 bits per heavy atom. The fourth-order valence-corrected chi connectivity index (χ4v) is 2.29. The molecule has 38 heavy (non-hydrogen) atoms. The average molecular weight is 531 g/mol. The van der Waals surface area contributed by atoms with E-state index < -0.39 is 45.7 Å². The number of rotatable bonds is 8. The van der Waals surface area contributed by atoms with Crippen LogP contribution in [-0.2, 0) is 29.0 Å². The predicted octanol–water partition coefficient (Wildman–Crippen LogP) is 5.57. The van der Waals surface area contributed by atoms with E-state index >= 15 is 0 Å². The van der Waals surface area contributed by atoms with Crippen LogP contribution < -0.4 is 14.7 Å². The van der Waals surface area contributed by atoms with E-state index in [9.17, 15) is 19.2 Å². The zero-order chi connectivity index (χ0) is 28.9. The highest BCUT2D eigenvalue weighted by molar-refractivity contribution is 6.09. The first-order valence-electron chi connectivity index (χ1n) is 11.9. The molecule has 0 aliphatic heterocycles. The van der Waals surface area contributed by atoms with Crippen molar-refractivity contribution < 1.29 is 48.5 Å². The summed E-state index contributed by atoms with van der Waals surface area (Å²) in [6, 6.07) is 10.7. The molecule has 0 aliphatic rings. The van der Waals surface area contributed by atoms with E-state index in [2.05, 4.69) is 0 Å². The highest BCUT2D eigenvalue weighted by Crippen LogP contribution is 2.41.